The van der Waals surface area contributed by atoms with Crippen LogP contribution in [0.5, 0.6) is 0 Å². The van der Waals surface area contributed by atoms with Crippen LogP contribution in [0.25, 0.3) is 0 Å². The third-order valence-corrected chi connectivity index (χ3v) is 5.83. The first-order chi connectivity index (χ1) is 11.1. The first-order valence-electron chi connectivity index (χ1n) is 8.21. The molecule has 5 atom stereocenters. The van der Waals surface area contributed by atoms with Gasteiger partial charge in [0, 0.05) is 31.9 Å². The van der Waals surface area contributed by atoms with Crippen LogP contribution in [0.3, 0.4) is 0 Å². The molecule has 0 saturated heterocycles. The maximum atomic E-state index is 12.1. The lowest BCUT2D eigenvalue weighted by Gasteiger charge is -2.39. The summed E-state index contributed by atoms with van der Waals surface area (Å²) in [4.78, 5) is 23.7. The summed E-state index contributed by atoms with van der Waals surface area (Å²) in [5.41, 5.74) is -0.963. The van der Waals surface area contributed by atoms with Gasteiger partial charge in [0.25, 0.3) is 0 Å². The minimum atomic E-state index is -1.03. The van der Waals surface area contributed by atoms with Crippen molar-refractivity contribution in [3.05, 3.63) is 23.5 Å². The molecule has 0 aromatic heterocycles. The van der Waals surface area contributed by atoms with Crippen molar-refractivity contribution in [2.75, 3.05) is 7.11 Å². The quantitative estimate of drug-likeness (QED) is 0.612. The number of hydrogen-bond donors (Lipinski definition) is 1. The summed E-state index contributed by atoms with van der Waals surface area (Å²) >= 11 is 0. The van der Waals surface area contributed by atoms with Gasteiger partial charge >= 0.3 is 11.9 Å². The van der Waals surface area contributed by atoms with Crippen LogP contribution < -0.4 is 0 Å². The van der Waals surface area contributed by atoms with Gasteiger partial charge in [-0.1, -0.05) is 6.58 Å². The van der Waals surface area contributed by atoms with E-state index < -0.39 is 35.2 Å². The van der Waals surface area contributed by atoms with E-state index in [0.29, 0.717) is 24.2 Å². The lowest BCUT2D eigenvalue weighted by molar-refractivity contribution is -0.150. The molecule has 1 heterocycles. The summed E-state index contributed by atoms with van der Waals surface area (Å²) in [5.74, 6) is -1.05. The van der Waals surface area contributed by atoms with Crippen molar-refractivity contribution < 1.29 is 28.9 Å². The van der Waals surface area contributed by atoms with E-state index >= 15 is 0 Å². The third kappa shape index (κ3) is 2.40. The Morgan fingerprint density at radius 1 is 1.42 bits per heavy atom. The standard InChI is InChI=1S/C18H24O6/c1-9-13-12(23-10(2)19)8-18(4,22-5)11-6-7-17(3,21)14(11)15(13)24-16(9)20/h11-12,14,21H,1,6-8H2,2-5H3/t11-,12-,14-,17-,18+/m0/s1. The zero-order valence-corrected chi connectivity index (χ0v) is 14.5. The summed E-state index contributed by atoms with van der Waals surface area (Å²) < 4.78 is 16.8. The summed E-state index contributed by atoms with van der Waals surface area (Å²) in [5, 5.41) is 10.9. The molecule has 0 aromatic rings. The van der Waals surface area contributed by atoms with Crippen LogP contribution >= 0.6 is 0 Å². The van der Waals surface area contributed by atoms with Gasteiger partial charge < -0.3 is 19.3 Å². The van der Waals surface area contributed by atoms with Gasteiger partial charge in [-0.05, 0) is 26.7 Å². The number of rotatable bonds is 2. The fraction of sp³-hybridized carbons (Fsp3) is 0.667. The molecule has 3 rings (SSSR count). The molecule has 0 aromatic carbocycles. The number of carbonyl (C=O) groups excluding carboxylic acids is 2. The zero-order chi connectivity index (χ0) is 17.9. The summed E-state index contributed by atoms with van der Waals surface area (Å²) in [6.45, 7) is 8.84. The van der Waals surface area contributed by atoms with Gasteiger partial charge in [0.05, 0.1) is 22.7 Å². The van der Waals surface area contributed by atoms with Gasteiger partial charge in [-0.15, -0.1) is 0 Å². The molecular formula is C18H24O6. The van der Waals surface area contributed by atoms with Crippen LogP contribution in [0.2, 0.25) is 0 Å². The lowest BCUT2D eigenvalue weighted by Crippen LogP contribution is -2.44. The highest BCUT2D eigenvalue weighted by Gasteiger charge is 2.59. The number of carbonyl (C=O) groups is 2. The van der Waals surface area contributed by atoms with Gasteiger partial charge in [0.1, 0.15) is 11.9 Å². The second kappa shape index (κ2) is 5.43. The molecule has 0 spiro atoms. The predicted octanol–water partition coefficient (Wildman–Crippen LogP) is 1.87. The highest BCUT2D eigenvalue weighted by atomic mass is 16.6. The van der Waals surface area contributed by atoms with Crippen LogP contribution in [0.4, 0.5) is 0 Å². The fourth-order valence-corrected chi connectivity index (χ4v) is 4.54. The predicted molar refractivity (Wildman–Crippen MR) is 84.7 cm³/mol. The van der Waals surface area contributed by atoms with Crippen molar-refractivity contribution in [1.29, 1.82) is 0 Å². The van der Waals surface area contributed by atoms with Crippen molar-refractivity contribution in [3.63, 3.8) is 0 Å². The maximum absolute atomic E-state index is 12.1. The molecule has 1 N–H and O–H groups in total. The zero-order valence-electron chi connectivity index (χ0n) is 14.5. The molecule has 0 radical (unpaired) electrons. The normalized spacial score (nSPS) is 41.6. The van der Waals surface area contributed by atoms with Gasteiger partial charge in [-0.25, -0.2) is 4.79 Å². The number of hydrogen-bond acceptors (Lipinski definition) is 6. The van der Waals surface area contributed by atoms with Crippen LogP contribution in [-0.4, -0.2) is 41.5 Å². The Kier molecular flexibility index (Phi) is 3.88. The Bertz CT molecular complexity index is 646. The number of ether oxygens (including phenoxy) is 3. The second-order valence-corrected chi connectivity index (χ2v) is 7.44. The maximum Gasteiger partial charge on any atom is 0.343 e. The first-order valence-corrected chi connectivity index (χ1v) is 8.21. The monoisotopic (exact) mass is 336 g/mol. The van der Waals surface area contributed by atoms with Gasteiger partial charge in [0.15, 0.2) is 0 Å². The Hall–Kier alpha value is -1.66. The summed E-state index contributed by atoms with van der Waals surface area (Å²) in [7, 11) is 1.62. The van der Waals surface area contributed by atoms with Crippen molar-refractivity contribution >= 4 is 11.9 Å². The van der Waals surface area contributed by atoms with E-state index in [1.165, 1.54) is 6.92 Å². The van der Waals surface area contributed by atoms with Crippen LogP contribution in [0.1, 0.15) is 40.0 Å². The molecule has 24 heavy (non-hydrogen) atoms. The molecule has 3 aliphatic rings. The third-order valence-electron chi connectivity index (χ3n) is 5.83. The molecule has 1 aliphatic heterocycles. The molecule has 2 aliphatic carbocycles. The van der Waals surface area contributed by atoms with Crippen molar-refractivity contribution in [2.45, 2.75) is 57.3 Å². The largest absolute Gasteiger partial charge is 0.457 e. The molecule has 1 saturated carbocycles. The second-order valence-electron chi connectivity index (χ2n) is 7.44. The highest BCUT2D eigenvalue weighted by Crippen LogP contribution is 2.56. The average Bonchev–Trinajstić information content (AvgIpc) is 2.91. The molecule has 132 valence electrons. The average molecular weight is 336 g/mol. The van der Waals surface area contributed by atoms with E-state index in [-0.39, 0.29) is 11.5 Å². The van der Waals surface area contributed by atoms with Crippen LogP contribution in [0, 0.1) is 11.8 Å². The highest BCUT2D eigenvalue weighted by molar-refractivity contribution is 5.97. The molecule has 0 unspecified atom stereocenters. The summed E-state index contributed by atoms with van der Waals surface area (Å²) in [6.07, 6.45) is 1.02. The van der Waals surface area contributed by atoms with E-state index in [0.717, 1.165) is 6.42 Å². The van der Waals surface area contributed by atoms with E-state index in [2.05, 4.69) is 6.58 Å². The topological polar surface area (TPSA) is 82.1 Å². The Morgan fingerprint density at radius 2 is 2.08 bits per heavy atom. The van der Waals surface area contributed by atoms with Crippen LogP contribution in [-0.2, 0) is 23.8 Å². The Balaban J connectivity index is 2.17. The fourth-order valence-electron chi connectivity index (χ4n) is 4.54. The molecule has 0 amide bonds. The van der Waals surface area contributed by atoms with Gasteiger partial charge in [-0.2, -0.15) is 0 Å². The Labute approximate surface area is 141 Å². The number of esters is 2. The smallest absolute Gasteiger partial charge is 0.343 e. The first kappa shape index (κ1) is 17.2. The van der Waals surface area contributed by atoms with Gasteiger partial charge in [0.2, 0.25) is 0 Å². The molecule has 0 bridgehead atoms. The number of fused-ring (bicyclic) bond motifs is 2. The molecule has 6 nitrogen and oxygen atoms in total. The van der Waals surface area contributed by atoms with E-state index in [1.54, 1.807) is 14.0 Å². The van der Waals surface area contributed by atoms with E-state index in [1.807, 2.05) is 6.92 Å². The van der Waals surface area contributed by atoms with Crippen molar-refractivity contribution in [3.8, 4) is 0 Å². The Morgan fingerprint density at radius 3 is 2.67 bits per heavy atom. The minimum absolute atomic E-state index is 0.0539. The van der Waals surface area contributed by atoms with Crippen molar-refractivity contribution in [2.24, 2.45) is 11.8 Å². The van der Waals surface area contributed by atoms with Crippen LogP contribution in [0.15, 0.2) is 23.5 Å². The SMILES string of the molecule is C=C1C(=O)OC2=C1[C@@H](OC(C)=O)C[C@@](C)(OC)[C@H]1CC[C@](C)(O)[C@H]21. The molecular weight excluding hydrogens is 312 g/mol. The van der Waals surface area contributed by atoms with E-state index in [4.69, 9.17) is 14.2 Å². The van der Waals surface area contributed by atoms with Crippen molar-refractivity contribution in [1.82, 2.24) is 0 Å². The van der Waals surface area contributed by atoms with E-state index in [9.17, 15) is 14.7 Å². The number of methoxy groups -OCH3 is 1. The number of aliphatic hydroxyl groups is 1. The molecule has 1 fully saturated rings. The lowest BCUT2D eigenvalue weighted by atomic mass is 9.76. The summed E-state index contributed by atoms with van der Waals surface area (Å²) in [6, 6.07) is 0. The minimum Gasteiger partial charge on any atom is -0.457 e. The molecule has 6 heteroatoms. The van der Waals surface area contributed by atoms with Gasteiger partial charge in [-0.3, -0.25) is 4.79 Å².